The number of nitrogen functional groups attached to an aromatic ring is 1. The predicted molar refractivity (Wildman–Crippen MR) is 66.7 cm³/mol. The van der Waals surface area contributed by atoms with Crippen LogP contribution in [0.3, 0.4) is 0 Å². The topological polar surface area (TPSA) is 136 Å². The van der Waals surface area contributed by atoms with Crippen LogP contribution in [-0.4, -0.2) is 30.8 Å². The van der Waals surface area contributed by atoms with Gasteiger partial charge in [0, 0.05) is 11.6 Å². The molecule has 0 radical (unpaired) electrons. The summed E-state index contributed by atoms with van der Waals surface area (Å²) >= 11 is 1.25. The smallest absolute Gasteiger partial charge is 0.277 e. The summed E-state index contributed by atoms with van der Waals surface area (Å²) in [7, 11) is 0. The van der Waals surface area contributed by atoms with Crippen molar-refractivity contribution in [2.24, 2.45) is 5.73 Å². The number of imidazole rings is 1. The van der Waals surface area contributed by atoms with E-state index in [-0.39, 0.29) is 0 Å². The Bertz CT molecular complexity index is 648. The van der Waals surface area contributed by atoms with E-state index in [2.05, 4.69) is 24.9 Å². The van der Waals surface area contributed by atoms with Crippen molar-refractivity contribution in [1.82, 2.24) is 24.9 Å². The molecule has 0 bridgehead atoms. The van der Waals surface area contributed by atoms with Gasteiger partial charge in [0.2, 0.25) is 0 Å². The Kier molecular flexibility index (Phi) is 3.44. The van der Waals surface area contributed by atoms with E-state index in [4.69, 9.17) is 11.5 Å². The van der Waals surface area contributed by atoms with Crippen LogP contribution in [0.5, 0.6) is 0 Å². The Morgan fingerprint density at radius 2 is 2.11 bits per heavy atom. The number of fused-ring (bicyclic) bond motifs is 1. The molecule has 0 aliphatic rings. The maximum absolute atomic E-state index is 10.2. The van der Waals surface area contributed by atoms with E-state index >= 15 is 0 Å². The fourth-order valence-corrected chi connectivity index (χ4v) is 1.62. The maximum atomic E-state index is 10.2. The molecule has 92 valence electrons. The molecule has 0 saturated carbocycles. The minimum atomic E-state index is -0.458. The highest BCUT2D eigenvalue weighted by atomic mass is 32.1. The van der Waals surface area contributed by atoms with Crippen LogP contribution < -0.4 is 11.5 Å². The summed E-state index contributed by atoms with van der Waals surface area (Å²) in [4.78, 5) is 28.3. The first-order chi connectivity index (χ1) is 8.68. The second kappa shape index (κ2) is 5.19. The molecule has 3 aromatic rings. The number of hydrogen-bond donors (Lipinski definition) is 3. The molecule has 3 rings (SSSR count). The van der Waals surface area contributed by atoms with Crippen LogP contribution in [-0.2, 0) is 0 Å². The first kappa shape index (κ1) is 11.9. The van der Waals surface area contributed by atoms with Gasteiger partial charge in [-0.05, 0) is 0 Å². The molecule has 0 aliphatic carbocycles. The molecule has 0 atom stereocenters. The standard InChI is InChI=1S/C5H5N5.C4H4N2OS/c6-4-3-5(9-1-7-3)10-2-8-4;5-3(7)4-6-1-2-8-4/h1-2H,(H3,6,7,8,9,10);1-2H,(H2,5,7). The van der Waals surface area contributed by atoms with Crippen molar-refractivity contribution >= 4 is 34.2 Å². The van der Waals surface area contributed by atoms with Gasteiger partial charge in [0.25, 0.3) is 5.91 Å². The zero-order chi connectivity index (χ0) is 13.0. The number of nitrogens with one attached hydrogen (secondary N) is 1. The summed E-state index contributed by atoms with van der Waals surface area (Å²) in [6.07, 6.45) is 4.47. The number of aromatic amines is 1. The highest BCUT2D eigenvalue weighted by Crippen LogP contribution is 2.09. The molecule has 3 heterocycles. The average Bonchev–Trinajstić information content (AvgIpc) is 3.02. The average molecular weight is 263 g/mol. The van der Waals surface area contributed by atoms with Gasteiger partial charge >= 0.3 is 0 Å². The maximum Gasteiger partial charge on any atom is 0.277 e. The van der Waals surface area contributed by atoms with Crippen LogP contribution >= 0.6 is 11.3 Å². The number of nitrogens with zero attached hydrogens (tertiary/aromatic N) is 4. The summed E-state index contributed by atoms with van der Waals surface area (Å²) in [6, 6.07) is 0. The molecule has 1 amide bonds. The fraction of sp³-hybridized carbons (Fsp3) is 0. The highest BCUT2D eigenvalue weighted by Gasteiger charge is 1.99. The van der Waals surface area contributed by atoms with Crippen LogP contribution in [0.15, 0.2) is 24.2 Å². The molecular weight excluding hydrogens is 254 g/mol. The number of amides is 1. The van der Waals surface area contributed by atoms with Gasteiger partial charge in [0.05, 0.1) is 6.33 Å². The third-order valence-corrected chi connectivity index (χ3v) is 2.68. The molecule has 3 aromatic heterocycles. The zero-order valence-corrected chi connectivity index (χ0v) is 9.89. The lowest BCUT2D eigenvalue weighted by Gasteiger charge is -1.89. The van der Waals surface area contributed by atoms with E-state index in [1.165, 1.54) is 24.0 Å². The molecule has 0 aliphatic heterocycles. The van der Waals surface area contributed by atoms with Gasteiger partial charge in [0.1, 0.15) is 11.8 Å². The number of primary amides is 1. The predicted octanol–water partition coefficient (Wildman–Crippen LogP) is 0.177. The lowest BCUT2D eigenvalue weighted by molar-refractivity contribution is 0.1000. The van der Waals surface area contributed by atoms with Crippen molar-refractivity contribution in [1.29, 1.82) is 0 Å². The number of anilines is 1. The van der Waals surface area contributed by atoms with Gasteiger partial charge in [-0.2, -0.15) is 0 Å². The Hall–Kier alpha value is -2.55. The Morgan fingerprint density at radius 1 is 1.28 bits per heavy atom. The van der Waals surface area contributed by atoms with Gasteiger partial charge in [-0.15, -0.1) is 11.3 Å². The zero-order valence-electron chi connectivity index (χ0n) is 9.07. The summed E-state index contributed by atoms with van der Waals surface area (Å²) in [5.74, 6) is -0.0255. The van der Waals surface area contributed by atoms with Crippen LogP contribution in [0.1, 0.15) is 9.80 Å². The van der Waals surface area contributed by atoms with E-state index in [9.17, 15) is 4.79 Å². The molecule has 9 heteroatoms. The highest BCUT2D eigenvalue weighted by molar-refractivity contribution is 7.11. The summed E-state index contributed by atoms with van der Waals surface area (Å²) < 4.78 is 0. The SMILES string of the molecule is NC(=O)c1nccs1.Nc1ncnc2nc[nH]c12. The van der Waals surface area contributed by atoms with Crippen molar-refractivity contribution in [3.05, 3.63) is 29.2 Å². The number of aromatic nitrogens is 5. The van der Waals surface area contributed by atoms with E-state index in [0.29, 0.717) is 22.0 Å². The number of nitrogens with two attached hydrogens (primary N) is 2. The van der Waals surface area contributed by atoms with E-state index in [1.54, 1.807) is 11.6 Å². The van der Waals surface area contributed by atoms with Gasteiger partial charge in [-0.1, -0.05) is 0 Å². The second-order valence-electron chi connectivity index (χ2n) is 3.06. The molecule has 0 aromatic carbocycles. The summed E-state index contributed by atoms with van der Waals surface area (Å²) in [6.45, 7) is 0. The molecule has 5 N–H and O–H groups in total. The number of hydrogen-bond acceptors (Lipinski definition) is 7. The normalized spacial score (nSPS) is 9.78. The van der Waals surface area contributed by atoms with E-state index < -0.39 is 5.91 Å². The van der Waals surface area contributed by atoms with Crippen LogP contribution in [0.2, 0.25) is 0 Å². The summed E-state index contributed by atoms with van der Waals surface area (Å²) in [5.41, 5.74) is 11.6. The van der Waals surface area contributed by atoms with Gasteiger partial charge in [-0.3, -0.25) is 4.79 Å². The quantitative estimate of drug-likeness (QED) is 0.572. The lowest BCUT2D eigenvalue weighted by Crippen LogP contribution is -2.09. The Morgan fingerprint density at radius 3 is 2.67 bits per heavy atom. The molecule has 0 spiro atoms. The van der Waals surface area contributed by atoms with Crippen molar-refractivity contribution in [2.75, 3.05) is 5.73 Å². The number of H-pyrrole nitrogens is 1. The number of thiazole rings is 1. The van der Waals surface area contributed by atoms with E-state index in [0.717, 1.165) is 0 Å². The molecule has 18 heavy (non-hydrogen) atoms. The molecule has 0 unspecified atom stereocenters. The Labute approximate surface area is 105 Å². The second-order valence-corrected chi connectivity index (χ2v) is 3.96. The monoisotopic (exact) mass is 263 g/mol. The third kappa shape index (κ3) is 2.58. The number of carbonyl (C=O) groups excluding carboxylic acids is 1. The van der Waals surface area contributed by atoms with Gasteiger partial charge < -0.3 is 16.5 Å². The molecule has 8 nitrogen and oxygen atoms in total. The van der Waals surface area contributed by atoms with Gasteiger partial charge in [0.15, 0.2) is 16.5 Å². The fourth-order valence-electron chi connectivity index (χ4n) is 1.13. The minimum Gasteiger partial charge on any atom is -0.382 e. The first-order valence-electron chi connectivity index (χ1n) is 4.77. The van der Waals surface area contributed by atoms with Crippen LogP contribution in [0, 0.1) is 0 Å². The van der Waals surface area contributed by atoms with Crippen LogP contribution in [0.4, 0.5) is 5.82 Å². The number of rotatable bonds is 1. The lowest BCUT2D eigenvalue weighted by atomic mass is 10.5. The molecule has 0 saturated heterocycles. The number of carbonyl (C=O) groups is 1. The van der Waals surface area contributed by atoms with Crippen molar-refractivity contribution in [2.45, 2.75) is 0 Å². The third-order valence-electron chi connectivity index (χ3n) is 1.90. The van der Waals surface area contributed by atoms with Crippen molar-refractivity contribution < 1.29 is 4.79 Å². The largest absolute Gasteiger partial charge is 0.382 e. The Balaban J connectivity index is 0.000000138. The molecule has 0 fully saturated rings. The van der Waals surface area contributed by atoms with E-state index in [1.807, 2.05) is 0 Å². The first-order valence-corrected chi connectivity index (χ1v) is 5.65. The molecular formula is C9H9N7OS. The van der Waals surface area contributed by atoms with Crippen LogP contribution in [0.25, 0.3) is 11.2 Å². The summed E-state index contributed by atoms with van der Waals surface area (Å²) in [5, 5.41) is 2.07. The van der Waals surface area contributed by atoms with Crippen molar-refractivity contribution in [3.63, 3.8) is 0 Å². The van der Waals surface area contributed by atoms with Crippen molar-refractivity contribution in [3.8, 4) is 0 Å². The minimum absolute atomic E-state index is 0.366. The van der Waals surface area contributed by atoms with Gasteiger partial charge in [-0.25, -0.2) is 19.9 Å².